The lowest BCUT2D eigenvalue weighted by atomic mass is 10.2. The first-order valence-electron chi connectivity index (χ1n) is 9.62. The molecule has 0 saturated carbocycles. The van der Waals surface area contributed by atoms with Crippen molar-refractivity contribution >= 4 is 28.2 Å². The number of rotatable bonds is 7. The van der Waals surface area contributed by atoms with Crippen LogP contribution in [0.15, 0.2) is 77.9 Å². The molecule has 0 saturated heterocycles. The summed E-state index contributed by atoms with van der Waals surface area (Å²) in [6, 6.07) is 12.6. The van der Waals surface area contributed by atoms with E-state index in [0.29, 0.717) is 23.0 Å². The molecule has 1 N–H and O–H groups in total. The average molecular weight is 433 g/mol. The summed E-state index contributed by atoms with van der Waals surface area (Å²) in [5.74, 6) is -0.245. The molecule has 4 aromatic heterocycles. The van der Waals surface area contributed by atoms with Gasteiger partial charge in [-0.1, -0.05) is 6.07 Å². The maximum atomic E-state index is 13.5. The number of aromatic nitrogens is 2. The Hall–Kier alpha value is -3.78. The van der Waals surface area contributed by atoms with Gasteiger partial charge in [-0.3, -0.25) is 19.6 Å². The van der Waals surface area contributed by atoms with E-state index in [1.165, 1.54) is 17.6 Å². The van der Waals surface area contributed by atoms with Crippen molar-refractivity contribution in [3.8, 4) is 0 Å². The van der Waals surface area contributed by atoms with Crippen molar-refractivity contribution in [3.05, 3.63) is 101 Å². The highest BCUT2D eigenvalue weighted by Crippen LogP contribution is 2.29. The van der Waals surface area contributed by atoms with Gasteiger partial charge in [0.2, 0.25) is 0 Å². The highest BCUT2D eigenvalue weighted by Gasteiger charge is 2.22. The van der Waals surface area contributed by atoms with E-state index in [2.05, 4.69) is 15.3 Å². The standard InChI is InChI=1S/C23H20N4O3S/c1-16-12-20(26-22(28)19-5-3-11-30-19)31-21(16)23(29)27(14-17-6-9-24-10-7-17)15-18-4-2-8-25-13-18/h2-13H,14-15H2,1H3,(H,26,28). The minimum atomic E-state index is -0.353. The molecule has 4 aromatic rings. The van der Waals surface area contributed by atoms with Gasteiger partial charge in [-0.05, 0) is 60.0 Å². The van der Waals surface area contributed by atoms with Gasteiger partial charge in [0.05, 0.1) is 16.1 Å². The number of pyridine rings is 2. The van der Waals surface area contributed by atoms with E-state index in [4.69, 9.17) is 4.42 Å². The van der Waals surface area contributed by atoms with Crippen molar-refractivity contribution < 1.29 is 14.0 Å². The summed E-state index contributed by atoms with van der Waals surface area (Å²) in [5, 5.41) is 3.39. The van der Waals surface area contributed by atoms with Gasteiger partial charge >= 0.3 is 0 Å². The van der Waals surface area contributed by atoms with Crippen LogP contribution in [-0.2, 0) is 13.1 Å². The van der Waals surface area contributed by atoms with Crippen molar-refractivity contribution in [1.29, 1.82) is 0 Å². The summed E-state index contributed by atoms with van der Waals surface area (Å²) in [6.07, 6.45) is 8.32. The predicted molar refractivity (Wildman–Crippen MR) is 118 cm³/mol. The van der Waals surface area contributed by atoms with Gasteiger partial charge in [0.1, 0.15) is 0 Å². The van der Waals surface area contributed by atoms with Crippen LogP contribution < -0.4 is 5.32 Å². The number of hydrogen-bond acceptors (Lipinski definition) is 6. The number of thiophene rings is 1. The van der Waals surface area contributed by atoms with Gasteiger partial charge in [-0.15, -0.1) is 11.3 Å². The lowest BCUT2D eigenvalue weighted by Gasteiger charge is -2.22. The molecule has 2 amide bonds. The van der Waals surface area contributed by atoms with Crippen molar-refractivity contribution in [2.45, 2.75) is 20.0 Å². The minimum Gasteiger partial charge on any atom is -0.459 e. The first-order valence-corrected chi connectivity index (χ1v) is 10.4. The van der Waals surface area contributed by atoms with E-state index in [-0.39, 0.29) is 17.6 Å². The second-order valence-electron chi connectivity index (χ2n) is 6.93. The molecule has 0 bridgehead atoms. The monoisotopic (exact) mass is 432 g/mol. The van der Waals surface area contributed by atoms with Crippen LogP contribution in [0.1, 0.15) is 36.9 Å². The normalized spacial score (nSPS) is 10.6. The van der Waals surface area contributed by atoms with Crippen LogP contribution in [0.25, 0.3) is 0 Å². The van der Waals surface area contributed by atoms with Crippen LogP contribution in [0.3, 0.4) is 0 Å². The molecule has 8 heteroatoms. The molecule has 4 heterocycles. The number of carbonyl (C=O) groups is 2. The molecule has 0 aliphatic carbocycles. The molecule has 31 heavy (non-hydrogen) atoms. The van der Waals surface area contributed by atoms with Crippen LogP contribution in [0, 0.1) is 6.92 Å². The van der Waals surface area contributed by atoms with E-state index < -0.39 is 0 Å². The molecular weight excluding hydrogens is 412 g/mol. The number of nitrogens with one attached hydrogen (secondary N) is 1. The Kier molecular flexibility index (Phi) is 6.18. The van der Waals surface area contributed by atoms with Gasteiger partial charge < -0.3 is 14.6 Å². The summed E-state index contributed by atoms with van der Waals surface area (Å²) >= 11 is 1.25. The van der Waals surface area contributed by atoms with Crippen LogP contribution in [0.2, 0.25) is 0 Å². The minimum absolute atomic E-state index is 0.110. The van der Waals surface area contributed by atoms with Crippen molar-refractivity contribution in [1.82, 2.24) is 14.9 Å². The van der Waals surface area contributed by atoms with Crippen molar-refractivity contribution in [2.24, 2.45) is 0 Å². The molecule has 0 aliphatic heterocycles. The third kappa shape index (κ3) is 5.04. The topological polar surface area (TPSA) is 88.3 Å². The van der Waals surface area contributed by atoms with Crippen LogP contribution in [0.4, 0.5) is 5.00 Å². The first-order chi connectivity index (χ1) is 15.1. The Morgan fingerprint density at radius 2 is 1.84 bits per heavy atom. The Labute approximate surface area is 183 Å². The fourth-order valence-electron chi connectivity index (χ4n) is 3.10. The zero-order valence-electron chi connectivity index (χ0n) is 16.8. The van der Waals surface area contributed by atoms with Gasteiger partial charge in [-0.25, -0.2) is 0 Å². The largest absolute Gasteiger partial charge is 0.459 e. The molecule has 0 spiro atoms. The van der Waals surface area contributed by atoms with Crippen LogP contribution >= 0.6 is 11.3 Å². The number of aryl methyl sites for hydroxylation is 1. The number of carbonyl (C=O) groups excluding carboxylic acids is 2. The number of hydrogen-bond donors (Lipinski definition) is 1. The summed E-state index contributed by atoms with van der Waals surface area (Å²) in [7, 11) is 0. The van der Waals surface area contributed by atoms with E-state index in [1.807, 2.05) is 31.2 Å². The fourth-order valence-corrected chi connectivity index (χ4v) is 4.14. The Morgan fingerprint density at radius 1 is 1.03 bits per heavy atom. The maximum Gasteiger partial charge on any atom is 0.291 e. The number of nitrogens with zero attached hydrogens (tertiary/aromatic N) is 3. The molecular formula is C23H20N4O3S. The zero-order chi connectivity index (χ0) is 21.6. The third-order valence-corrected chi connectivity index (χ3v) is 5.74. The Bertz CT molecular complexity index is 1120. The number of amides is 2. The smallest absolute Gasteiger partial charge is 0.291 e. The highest BCUT2D eigenvalue weighted by molar-refractivity contribution is 7.18. The number of furan rings is 1. The predicted octanol–water partition coefficient (Wildman–Crippen LogP) is 4.53. The Morgan fingerprint density at radius 3 is 2.55 bits per heavy atom. The van der Waals surface area contributed by atoms with Gasteiger partial charge in [0.25, 0.3) is 11.8 Å². The Balaban J connectivity index is 1.57. The van der Waals surface area contributed by atoms with E-state index in [9.17, 15) is 9.59 Å². The SMILES string of the molecule is Cc1cc(NC(=O)c2ccco2)sc1C(=O)N(Cc1ccncc1)Cc1cccnc1. The summed E-state index contributed by atoms with van der Waals surface area (Å²) in [6.45, 7) is 2.71. The van der Waals surface area contributed by atoms with Crippen molar-refractivity contribution in [2.75, 3.05) is 5.32 Å². The summed E-state index contributed by atoms with van der Waals surface area (Å²) in [4.78, 5) is 36.3. The highest BCUT2D eigenvalue weighted by atomic mass is 32.1. The molecule has 0 radical (unpaired) electrons. The molecule has 0 fully saturated rings. The first kappa shape index (κ1) is 20.5. The second kappa shape index (κ2) is 9.36. The lowest BCUT2D eigenvalue weighted by molar-refractivity contribution is 0.0734. The lowest BCUT2D eigenvalue weighted by Crippen LogP contribution is -2.30. The molecule has 0 aromatic carbocycles. The molecule has 156 valence electrons. The van der Waals surface area contributed by atoms with E-state index >= 15 is 0 Å². The summed E-state index contributed by atoms with van der Waals surface area (Å²) in [5.41, 5.74) is 2.72. The molecule has 0 aliphatic rings. The van der Waals surface area contributed by atoms with Gasteiger partial charge in [0, 0.05) is 37.9 Å². The molecule has 7 nitrogen and oxygen atoms in total. The third-order valence-electron chi connectivity index (χ3n) is 4.60. The van der Waals surface area contributed by atoms with E-state index in [0.717, 1.165) is 16.7 Å². The van der Waals surface area contributed by atoms with Crippen LogP contribution in [0.5, 0.6) is 0 Å². The van der Waals surface area contributed by atoms with Crippen molar-refractivity contribution in [3.63, 3.8) is 0 Å². The second-order valence-corrected chi connectivity index (χ2v) is 7.98. The maximum absolute atomic E-state index is 13.5. The molecule has 4 rings (SSSR count). The average Bonchev–Trinajstić information content (AvgIpc) is 3.44. The molecule has 0 unspecified atom stereocenters. The number of anilines is 1. The zero-order valence-corrected chi connectivity index (χ0v) is 17.6. The molecule has 0 atom stereocenters. The summed E-state index contributed by atoms with van der Waals surface area (Å²) < 4.78 is 5.13. The quantitative estimate of drug-likeness (QED) is 0.463. The van der Waals surface area contributed by atoms with E-state index in [1.54, 1.807) is 47.9 Å². The fraction of sp³-hybridized carbons (Fsp3) is 0.130. The van der Waals surface area contributed by atoms with Crippen LogP contribution in [-0.4, -0.2) is 26.7 Å². The van der Waals surface area contributed by atoms with Gasteiger partial charge in [0.15, 0.2) is 5.76 Å². The van der Waals surface area contributed by atoms with Gasteiger partial charge in [-0.2, -0.15) is 0 Å².